The molecule has 0 aromatic heterocycles. The van der Waals surface area contributed by atoms with Crippen LogP contribution in [0.3, 0.4) is 0 Å². The first-order chi connectivity index (χ1) is 13.3. The summed E-state index contributed by atoms with van der Waals surface area (Å²) in [4.78, 5) is 35.4. The average molecular weight is 378 g/mol. The molecule has 0 atom stereocenters. The fourth-order valence-electron chi connectivity index (χ4n) is 3.48. The number of carbonyl (C=O) groups is 3. The lowest BCUT2D eigenvalue weighted by atomic mass is 10.0. The zero-order valence-electron chi connectivity index (χ0n) is 16.0. The van der Waals surface area contributed by atoms with Crippen LogP contribution in [0, 0.1) is 0 Å². The number of carbonyl (C=O) groups excluding carboxylic acids is 3. The summed E-state index contributed by atoms with van der Waals surface area (Å²) in [5.74, 6) is 0.00591. The van der Waals surface area contributed by atoms with E-state index in [0.717, 1.165) is 36.8 Å². The smallest absolute Gasteiger partial charge is 0.423 e. The molecule has 0 amide bonds. The SMILES string of the molecule is CC(=O)c1ccc(C2(OC(=O)OC3(c4ccc(C(C)=O)cc4)CC3)CC2)cc1. The molecule has 28 heavy (non-hydrogen) atoms. The Balaban J connectivity index is 1.44. The minimum absolute atomic E-state index is 0.00296. The van der Waals surface area contributed by atoms with Gasteiger partial charge in [-0.15, -0.1) is 0 Å². The summed E-state index contributed by atoms with van der Waals surface area (Å²) < 4.78 is 11.4. The van der Waals surface area contributed by atoms with Crippen molar-refractivity contribution in [2.75, 3.05) is 0 Å². The molecule has 2 fully saturated rings. The number of hydrogen-bond acceptors (Lipinski definition) is 5. The van der Waals surface area contributed by atoms with Gasteiger partial charge in [0.15, 0.2) is 11.6 Å². The number of benzene rings is 2. The van der Waals surface area contributed by atoms with Gasteiger partial charge in [0, 0.05) is 11.1 Å². The molecule has 2 saturated carbocycles. The Morgan fingerprint density at radius 3 is 1.21 bits per heavy atom. The summed E-state index contributed by atoms with van der Waals surface area (Å²) in [6.45, 7) is 3.04. The summed E-state index contributed by atoms with van der Waals surface area (Å²) in [6.07, 6.45) is 2.27. The Morgan fingerprint density at radius 1 is 0.643 bits per heavy atom. The molecule has 5 nitrogen and oxygen atoms in total. The van der Waals surface area contributed by atoms with Gasteiger partial charge in [-0.05, 0) is 50.7 Å². The van der Waals surface area contributed by atoms with Gasteiger partial charge in [-0.1, -0.05) is 48.5 Å². The molecule has 0 N–H and O–H groups in total. The second kappa shape index (κ2) is 6.59. The summed E-state index contributed by atoms with van der Waals surface area (Å²) in [5.41, 5.74) is 1.72. The van der Waals surface area contributed by atoms with Crippen LogP contribution in [-0.2, 0) is 20.7 Å². The van der Waals surface area contributed by atoms with Crippen molar-refractivity contribution in [3.63, 3.8) is 0 Å². The fourth-order valence-corrected chi connectivity index (χ4v) is 3.48. The van der Waals surface area contributed by atoms with E-state index in [1.807, 2.05) is 24.3 Å². The summed E-state index contributed by atoms with van der Waals surface area (Å²) in [7, 11) is 0. The maximum atomic E-state index is 12.5. The highest BCUT2D eigenvalue weighted by Gasteiger charge is 2.53. The number of ether oxygens (including phenoxy) is 2. The standard InChI is InChI=1S/C23H22O5/c1-15(24)17-3-7-19(8-4-17)22(11-12-22)27-21(26)28-23(13-14-23)20-9-5-18(6-10-20)16(2)25/h3-10H,11-14H2,1-2H3. The van der Waals surface area contributed by atoms with Crippen LogP contribution in [0.1, 0.15) is 71.4 Å². The third-order valence-corrected chi connectivity index (χ3v) is 5.60. The van der Waals surface area contributed by atoms with Gasteiger partial charge in [0.25, 0.3) is 0 Å². The molecule has 2 aliphatic carbocycles. The minimum atomic E-state index is -0.679. The molecule has 0 saturated heterocycles. The van der Waals surface area contributed by atoms with Crippen LogP contribution in [0.2, 0.25) is 0 Å². The lowest BCUT2D eigenvalue weighted by Gasteiger charge is -2.21. The number of rotatable bonds is 6. The molecule has 0 radical (unpaired) electrons. The van der Waals surface area contributed by atoms with Crippen LogP contribution in [0.5, 0.6) is 0 Å². The van der Waals surface area contributed by atoms with Crippen LogP contribution in [0.25, 0.3) is 0 Å². The Kier molecular flexibility index (Phi) is 4.33. The third-order valence-electron chi connectivity index (χ3n) is 5.60. The van der Waals surface area contributed by atoms with E-state index in [1.165, 1.54) is 13.8 Å². The van der Waals surface area contributed by atoms with E-state index < -0.39 is 17.4 Å². The zero-order chi connectivity index (χ0) is 19.9. The number of ketones is 2. The highest BCUT2D eigenvalue weighted by Crippen LogP contribution is 2.52. The number of Topliss-reactive ketones (excluding diaryl/α,β-unsaturated/α-hetero) is 2. The maximum Gasteiger partial charge on any atom is 0.510 e. The summed E-state index contributed by atoms with van der Waals surface area (Å²) in [5, 5.41) is 0. The van der Waals surface area contributed by atoms with Gasteiger partial charge in [0.1, 0.15) is 11.2 Å². The van der Waals surface area contributed by atoms with E-state index >= 15 is 0 Å². The van der Waals surface area contributed by atoms with E-state index in [4.69, 9.17) is 9.47 Å². The Bertz CT molecular complexity index is 854. The van der Waals surface area contributed by atoms with Gasteiger partial charge >= 0.3 is 6.16 Å². The Morgan fingerprint density at radius 2 is 0.964 bits per heavy atom. The predicted molar refractivity (Wildman–Crippen MR) is 102 cm³/mol. The van der Waals surface area contributed by atoms with Crippen LogP contribution >= 0.6 is 0 Å². The van der Waals surface area contributed by atoms with Gasteiger partial charge < -0.3 is 9.47 Å². The van der Waals surface area contributed by atoms with Gasteiger partial charge in [0.05, 0.1) is 0 Å². The highest BCUT2D eigenvalue weighted by atomic mass is 16.7. The Labute approximate surface area is 163 Å². The van der Waals surface area contributed by atoms with Crippen molar-refractivity contribution in [3.8, 4) is 0 Å². The molecular formula is C23H22O5. The second-order valence-electron chi connectivity index (χ2n) is 7.71. The van der Waals surface area contributed by atoms with E-state index in [2.05, 4.69) is 0 Å². The largest absolute Gasteiger partial charge is 0.510 e. The van der Waals surface area contributed by atoms with Gasteiger partial charge in [-0.25, -0.2) is 4.79 Å². The summed E-state index contributed by atoms with van der Waals surface area (Å²) >= 11 is 0. The lowest BCUT2D eigenvalue weighted by Crippen LogP contribution is -2.24. The molecule has 5 heteroatoms. The minimum Gasteiger partial charge on any atom is -0.423 e. The molecule has 4 rings (SSSR count). The Hall–Kier alpha value is -2.95. The molecule has 0 unspecified atom stereocenters. The molecule has 2 aromatic carbocycles. The van der Waals surface area contributed by atoms with Crippen molar-refractivity contribution in [1.29, 1.82) is 0 Å². The van der Waals surface area contributed by atoms with Crippen molar-refractivity contribution >= 4 is 17.7 Å². The maximum absolute atomic E-state index is 12.5. The van der Waals surface area contributed by atoms with Crippen LogP contribution < -0.4 is 0 Å². The predicted octanol–water partition coefficient (Wildman–Crippen LogP) is 4.92. The molecule has 2 aliphatic rings. The van der Waals surface area contributed by atoms with Gasteiger partial charge in [-0.3, -0.25) is 9.59 Å². The third kappa shape index (κ3) is 3.44. The molecule has 144 valence electrons. The summed E-state index contributed by atoms with van der Waals surface area (Å²) in [6, 6.07) is 14.4. The fraction of sp³-hybridized carbons (Fsp3) is 0.348. The molecule has 0 spiro atoms. The first kappa shape index (κ1) is 18.4. The van der Waals surface area contributed by atoms with E-state index in [0.29, 0.717) is 11.1 Å². The van der Waals surface area contributed by atoms with E-state index in [9.17, 15) is 14.4 Å². The molecule has 0 aliphatic heterocycles. The van der Waals surface area contributed by atoms with Gasteiger partial charge in [0.2, 0.25) is 0 Å². The molecule has 0 heterocycles. The van der Waals surface area contributed by atoms with Gasteiger partial charge in [-0.2, -0.15) is 0 Å². The monoisotopic (exact) mass is 378 g/mol. The zero-order valence-corrected chi connectivity index (χ0v) is 16.0. The van der Waals surface area contributed by atoms with E-state index in [-0.39, 0.29) is 11.6 Å². The first-order valence-electron chi connectivity index (χ1n) is 9.49. The lowest BCUT2D eigenvalue weighted by molar-refractivity contribution is -0.0217. The molecule has 2 aromatic rings. The molecule has 0 bridgehead atoms. The van der Waals surface area contributed by atoms with Crippen LogP contribution in [-0.4, -0.2) is 17.7 Å². The van der Waals surface area contributed by atoms with E-state index in [1.54, 1.807) is 24.3 Å². The van der Waals surface area contributed by atoms with Crippen molar-refractivity contribution in [2.24, 2.45) is 0 Å². The topological polar surface area (TPSA) is 69.7 Å². The van der Waals surface area contributed by atoms with Crippen LogP contribution in [0.4, 0.5) is 4.79 Å². The highest BCUT2D eigenvalue weighted by molar-refractivity contribution is 5.94. The van der Waals surface area contributed by atoms with Crippen LogP contribution in [0.15, 0.2) is 48.5 Å². The van der Waals surface area contributed by atoms with Crippen molar-refractivity contribution in [3.05, 3.63) is 70.8 Å². The normalized spacial score (nSPS) is 18.1. The van der Waals surface area contributed by atoms with Crippen molar-refractivity contribution in [2.45, 2.75) is 50.7 Å². The number of hydrogen-bond donors (Lipinski definition) is 0. The quantitative estimate of drug-likeness (QED) is 0.527. The van der Waals surface area contributed by atoms with Crippen molar-refractivity contribution in [1.82, 2.24) is 0 Å². The molecular weight excluding hydrogens is 356 g/mol. The van der Waals surface area contributed by atoms with Crippen molar-refractivity contribution < 1.29 is 23.9 Å². The second-order valence-corrected chi connectivity index (χ2v) is 7.71. The average Bonchev–Trinajstić information content (AvgIpc) is 3.60. The first-order valence-corrected chi connectivity index (χ1v) is 9.49.